The van der Waals surface area contributed by atoms with Crippen molar-refractivity contribution in [3.63, 3.8) is 0 Å². The van der Waals surface area contributed by atoms with Crippen LogP contribution < -0.4 is 9.46 Å². The molecule has 1 aliphatic carbocycles. The fraction of sp³-hybridized carbons (Fsp3) is 0.333. The molecule has 27 heavy (non-hydrogen) atoms. The van der Waals surface area contributed by atoms with Crippen LogP contribution in [-0.4, -0.2) is 25.7 Å². The Balaban J connectivity index is 1.45. The van der Waals surface area contributed by atoms with Crippen LogP contribution in [0.2, 0.25) is 0 Å². The van der Waals surface area contributed by atoms with Crippen molar-refractivity contribution < 1.29 is 22.0 Å². The first-order valence-electron chi connectivity index (χ1n) is 8.61. The normalized spacial score (nSPS) is 14.9. The Hall–Kier alpha value is -2.65. The molecule has 0 saturated heterocycles. The molecule has 0 bridgehead atoms. The molecule has 1 aromatic carbocycles. The van der Waals surface area contributed by atoms with Crippen LogP contribution in [0, 0.1) is 0 Å². The van der Waals surface area contributed by atoms with E-state index < -0.39 is 10.0 Å². The van der Waals surface area contributed by atoms with Crippen molar-refractivity contribution >= 4 is 10.0 Å². The molecule has 142 valence electrons. The largest absolute Gasteiger partial charge is 0.497 e. The summed E-state index contributed by atoms with van der Waals surface area (Å²) in [6.45, 7) is 0.134. The lowest BCUT2D eigenvalue weighted by Gasteiger charge is -2.20. The second-order valence-corrected chi connectivity index (χ2v) is 8.06. The molecule has 8 nitrogen and oxygen atoms in total. The van der Waals surface area contributed by atoms with E-state index in [9.17, 15) is 8.42 Å². The molecular formula is C18H19N3O5S. The summed E-state index contributed by atoms with van der Waals surface area (Å²) < 4.78 is 43.5. The van der Waals surface area contributed by atoms with Gasteiger partial charge in [-0.2, -0.15) is 0 Å². The third kappa shape index (κ3) is 3.74. The van der Waals surface area contributed by atoms with Crippen LogP contribution in [0.25, 0.3) is 11.7 Å². The maximum Gasteiger partial charge on any atom is 0.283 e. The molecule has 3 aromatic rings. The van der Waals surface area contributed by atoms with Gasteiger partial charge in [-0.15, -0.1) is 10.2 Å². The average Bonchev–Trinajstić information content (AvgIpc) is 3.29. The Morgan fingerprint density at radius 2 is 1.89 bits per heavy atom. The molecule has 1 aliphatic rings. The lowest BCUT2D eigenvalue weighted by Crippen LogP contribution is -2.22. The lowest BCUT2D eigenvalue weighted by atomic mass is 9.85. The van der Waals surface area contributed by atoms with Crippen molar-refractivity contribution in [3.05, 3.63) is 47.9 Å². The topological polar surface area (TPSA) is 107 Å². The van der Waals surface area contributed by atoms with Crippen LogP contribution in [0.15, 0.2) is 50.3 Å². The number of aromatic nitrogens is 2. The minimum atomic E-state index is -3.80. The average molecular weight is 389 g/mol. The van der Waals surface area contributed by atoms with E-state index in [2.05, 4.69) is 14.9 Å². The highest BCUT2D eigenvalue weighted by Gasteiger charge is 2.27. The number of hydrogen-bond acceptors (Lipinski definition) is 7. The first kappa shape index (κ1) is 17.7. The second-order valence-electron chi connectivity index (χ2n) is 6.36. The highest BCUT2D eigenvalue weighted by Crippen LogP contribution is 2.36. The van der Waals surface area contributed by atoms with Crippen LogP contribution in [-0.2, 0) is 16.6 Å². The zero-order valence-electron chi connectivity index (χ0n) is 14.7. The molecule has 1 N–H and O–H groups in total. The second kappa shape index (κ2) is 7.16. The van der Waals surface area contributed by atoms with Gasteiger partial charge in [-0.1, -0.05) is 18.6 Å². The molecule has 0 amide bonds. The van der Waals surface area contributed by atoms with Crippen LogP contribution in [0.3, 0.4) is 0 Å². The van der Waals surface area contributed by atoms with Gasteiger partial charge in [-0.3, -0.25) is 0 Å². The van der Waals surface area contributed by atoms with Gasteiger partial charge in [0.25, 0.3) is 15.9 Å². The molecule has 1 fully saturated rings. The minimum Gasteiger partial charge on any atom is -0.497 e. The Morgan fingerprint density at radius 1 is 1.11 bits per heavy atom. The molecule has 4 rings (SSSR count). The van der Waals surface area contributed by atoms with E-state index in [0.717, 1.165) is 24.8 Å². The Morgan fingerprint density at radius 3 is 2.56 bits per heavy atom. The van der Waals surface area contributed by atoms with Crippen LogP contribution in [0.4, 0.5) is 0 Å². The van der Waals surface area contributed by atoms with E-state index in [4.69, 9.17) is 13.6 Å². The van der Waals surface area contributed by atoms with Gasteiger partial charge in [0.1, 0.15) is 5.75 Å². The smallest absolute Gasteiger partial charge is 0.283 e. The van der Waals surface area contributed by atoms with Gasteiger partial charge in [0.2, 0.25) is 11.0 Å². The quantitative estimate of drug-likeness (QED) is 0.661. The molecular weight excluding hydrogens is 370 g/mol. The van der Waals surface area contributed by atoms with Crippen LogP contribution in [0.1, 0.15) is 36.6 Å². The van der Waals surface area contributed by atoms with Gasteiger partial charge in [0.15, 0.2) is 5.76 Å². The first-order chi connectivity index (χ1) is 13.0. The number of nitrogens with zero attached hydrogens (tertiary/aromatic N) is 2. The van der Waals surface area contributed by atoms with E-state index in [-0.39, 0.29) is 23.3 Å². The first-order valence-corrected chi connectivity index (χ1v) is 10.1. The predicted molar refractivity (Wildman–Crippen MR) is 95.6 cm³/mol. The molecule has 2 heterocycles. The number of furan rings is 1. The zero-order chi connectivity index (χ0) is 18.9. The zero-order valence-corrected chi connectivity index (χ0v) is 15.5. The summed E-state index contributed by atoms with van der Waals surface area (Å²) in [7, 11) is -2.23. The highest BCUT2D eigenvalue weighted by atomic mass is 32.2. The highest BCUT2D eigenvalue weighted by molar-refractivity contribution is 7.89. The maximum atomic E-state index is 12.4. The number of benzene rings is 1. The standard InChI is InChI=1S/C18H19N3O5S/c1-24-14-7-5-12(6-8-14)11-19-27(22,23)16-10-9-15(25-16)18-21-20-17(26-18)13-3-2-4-13/h5-10,13,19H,2-4,11H2,1H3. The number of rotatable bonds is 7. The molecule has 0 unspecified atom stereocenters. The molecule has 0 aliphatic heterocycles. The fourth-order valence-electron chi connectivity index (χ4n) is 2.73. The SMILES string of the molecule is COc1ccc(CNS(=O)(=O)c2ccc(-c3nnc(C4CCC4)o3)o2)cc1. The summed E-state index contributed by atoms with van der Waals surface area (Å²) >= 11 is 0. The van der Waals surface area contributed by atoms with Gasteiger partial charge in [-0.05, 0) is 42.7 Å². The molecule has 9 heteroatoms. The van der Waals surface area contributed by atoms with Crippen LogP contribution in [0.5, 0.6) is 5.75 Å². The summed E-state index contributed by atoms with van der Waals surface area (Å²) in [6, 6.07) is 10.00. The van der Waals surface area contributed by atoms with Crippen LogP contribution >= 0.6 is 0 Å². The number of ether oxygens (including phenoxy) is 1. The van der Waals surface area contributed by atoms with Crippen molar-refractivity contribution in [2.45, 2.75) is 36.8 Å². The summed E-state index contributed by atoms with van der Waals surface area (Å²) in [5.41, 5.74) is 0.799. The predicted octanol–water partition coefficient (Wildman–Crippen LogP) is 3.08. The van der Waals surface area contributed by atoms with Gasteiger partial charge in [-0.25, -0.2) is 13.1 Å². The summed E-state index contributed by atoms with van der Waals surface area (Å²) in [5, 5.41) is 7.78. The van der Waals surface area contributed by atoms with Crippen molar-refractivity contribution in [2.75, 3.05) is 7.11 Å². The van der Waals surface area contributed by atoms with Gasteiger partial charge in [0, 0.05) is 12.5 Å². The third-order valence-corrected chi connectivity index (χ3v) is 5.85. The molecule has 1 saturated carbocycles. The lowest BCUT2D eigenvalue weighted by molar-refractivity contribution is 0.334. The van der Waals surface area contributed by atoms with Crippen molar-refractivity contribution in [1.29, 1.82) is 0 Å². The Kier molecular flexibility index (Phi) is 4.71. The van der Waals surface area contributed by atoms with Crippen molar-refractivity contribution in [1.82, 2.24) is 14.9 Å². The van der Waals surface area contributed by atoms with Gasteiger partial charge < -0.3 is 13.6 Å². The van der Waals surface area contributed by atoms with E-state index in [0.29, 0.717) is 17.6 Å². The van der Waals surface area contributed by atoms with Crippen molar-refractivity contribution in [3.8, 4) is 17.4 Å². The van der Waals surface area contributed by atoms with Gasteiger partial charge >= 0.3 is 0 Å². The molecule has 0 radical (unpaired) electrons. The number of hydrogen-bond donors (Lipinski definition) is 1. The molecule has 0 atom stereocenters. The number of sulfonamides is 1. The van der Waals surface area contributed by atoms with E-state index >= 15 is 0 Å². The summed E-state index contributed by atoms with van der Waals surface area (Å²) in [5.74, 6) is 2.01. The number of methoxy groups -OCH3 is 1. The fourth-order valence-corrected chi connectivity index (χ4v) is 3.67. The molecule has 0 spiro atoms. The molecule has 2 aromatic heterocycles. The van der Waals surface area contributed by atoms with E-state index in [1.807, 2.05) is 0 Å². The minimum absolute atomic E-state index is 0.134. The monoisotopic (exact) mass is 389 g/mol. The number of nitrogens with one attached hydrogen (secondary N) is 1. The summed E-state index contributed by atoms with van der Waals surface area (Å²) in [6.07, 6.45) is 3.23. The van der Waals surface area contributed by atoms with Crippen molar-refractivity contribution in [2.24, 2.45) is 0 Å². The Labute approximate surface area is 156 Å². The maximum absolute atomic E-state index is 12.4. The Bertz CT molecular complexity index is 1020. The summed E-state index contributed by atoms with van der Waals surface area (Å²) in [4.78, 5) is 0. The van der Waals surface area contributed by atoms with E-state index in [1.54, 1.807) is 31.4 Å². The van der Waals surface area contributed by atoms with E-state index in [1.165, 1.54) is 12.1 Å². The van der Waals surface area contributed by atoms with Gasteiger partial charge in [0.05, 0.1) is 7.11 Å². The third-order valence-electron chi connectivity index (χ3n) is 4.58.